The van der Waals surface area contributed by atoms with Gasteiger partial charge in [-0.1, -0.05) is 39.3 Å². The van der Waals surface area contributed by atoms with Crippen molar-refractivity contribution >= 4 is 34.3 Å². The molecule has 0 saturated carbocycles. The van der Waals surface area contributed by atoms with E-state index in [1.54, 1.807) is 11.3 Å². The molecule has 0 amide bonds. The molecule has 2 rings (SSSR count). The lowest BCUT2D eigenvalue weighted by atomic mass is 9.95. The van der Waals surface area contributed by atoms with Crippen molar-refractivity contribution in [3.05, 3.63) is 43.2 Å². The molecule has 1 atom stereocenters. The summed E-state index contributed by atoms with van der Waals surface area (Å²) in [5.41, 5.74) is 0.215. The van der Waals surface area contributed by atoms with Crippen LogP contribution in [0.1, 0.15) is 48.4 Å². The minimum atomic E-state index is 0.215. The van der Waals surface area contributed by atoms with Gasteiger partial charge in [0.1, 0.15) is 0 Å². The predicted octanol–water partition coefficient (Wildman–Crippen LogP) is 5.46. The second-order valence-electron chi connectivity index (χ2n) is 5.58. The van der Waals surface area contributed by atoms with E-state index in [1.807, 2.05) is 17.4 Å². The van der Waals surface area contributed by atoms with Crippen LogP contribution in [0.2, 0.25) is 4.34 Å². The largest absolute Gasteiger partial charge is 0.305 e. The minimum absolute atomic E-state index is 0.215. The van der Waals surface area contributed by atoms with Crippen molar-refractivity contribution in [1.29, 1.82) is 0 Å². The quantitative estimate of drug-likeness (QED) is 0.790. The zero-order chi connectivity index (χ0) is 14.0. The summed E-state index contributed by atoms with van der Waals surface area (Å²) in [7, 11) is 0. The molecule has 0 aliphatic rings. The number of nitrogens with one attached hydrogen (secondary N) is 1. The molecule has 0 fully saturated rings. The first-order chi connectivity index (χ1) is 8.91. The first kappa shape index (κ1) is 15.0. The Morgan fingerprint density at radius 3 is 2.21 bits per heavy atom. The van der Waals surface area contributed by atoms with E-state index >= 15 is 0 Å². The van der Waals surface area contributed by atoms with Crippen molar-refractivity contribution in [3.63, 3.8) is 0 Å². The molecule has 19 heavy (non-hydrogen) atoms. The Morgan fingerprint density at radius 1 is 1.11 bits per heavy atom. The highest BCUT2D eigenvalue weighted by Crippen LogP contribution is 2.37. The number of hydrogen-bond acceptors (Lipinski definition) is 3. The average Bonchev–Trinajstić information content (AvgIpc) is 2.93. The van der Waals surface area contributed by atoms with E-state index in [-0.39, 0.29) is 11.5 Å². The number of rotatable bonds is 4. The Kier molecular flexibility index (Phi) is 4.72. The van der Waals surface area contributed by atoms with Gasteiger partial charge < -0.3 is 5.32 Å². The Hall–Kier alpha value is -0.350. The van der Waals surface area contributed by atoms with E-state index in [2.05, 4.69) is 51.2 Å². The van der Waals surface area contributed by atoms with Gasteiger partial charge in [0.05, 0.1) is 10.4 Å². The normalized spacial score (nSPS) is 13.7. The third-order valence-electron chi connectivity index (χ3n) is 2.94. The summed E-state index contributed by atoms with van der Waals surface area (Å²) >= 11 is 9.61. The molecule has 0 spiro atoms. The van der Waals surface area contributed by atoms with E-state index in [0.717, 1.165) is 10.9 Å². The van der Waals surface area contributed by atoms with Crippen LogP contribution in [0.3, 0.4) is 0 Å². The predicted molar refractivity (Wildman–Crippen MR) is 87.9 cm³/mol. The maximum absolute atomic E-state index is 6.06. The molecule has 0 aliphatic heterocycles. The van der Waals surface area contributed by atoms with Crippen LogP contribution in [0.15, 0.2) is 24.3 Å². The SMILES string of the molecule is CCNC(c1ccc(Cl)s1)c1ccc(C(C)(C)C)s1. The van der Waals surface area contributed by atoms with Gasteiger partial charge >= 0.3 is 0 Å². The highest BCUT2D eigenvalue weighted by atomic mass is 35.5. The van der Waals surface area contributed by atoms with Gasteiger partial charge in [0.25, 0.3) is 0 Å². The standard InChI is InChI=1S/C15H20ClNS2/c1-5-17-14(11-7-9-13(16)19-11)10-6-8-12(18-10)15(2,3)4/h6-9,14,17H,5H2,1-4H3. The topological polar surface area (TPSA) is 12.0 Å². The van der Waals surface area contributed by atoms with Gasteiger partial charge in [-0.05, 0) is 36.2 Å². The van der Waals surface area contributed by atoms with Gasteiger partial charge in [-0.3, -0.25) is 0 Å². The van der Waals surface area contributed by atoms with Crippen molar-refractivity contribution in [1.82, 2.24) is 5.32 Å². The molecule has 0 radical (unpaired) electrons. The van der Waals surface area contributed by atoms with Crippen LogP contribution in [0, 0.1) is 0 Å². The molecular weight excluding hydrogens is 294 g/mol. The lowest BCUT2D eigenvalue weighted by Gasteiger charge is -2.17. The van der Waals surface area contributed by atoms with Crippen molar-refractivity contribution in [2.45, 2.75) is 39.2 Å². The van der Waals surface area contributed by atoms with Gasteiger partial charge in [-0.2, -0.15) is 0 Å². The van der Waals surface area contributed by atoms with Crippen molar-refractivity contribution < 1.29 is 0 Å². The third-order valence-corrected chi connectivity index (χ3v) is 5.81. The molecule has 4 heteroatoms. The van der Waals surface area contributed by atoms with Crippen LogP contribution < -0.4 is 5.32 Å². The molecule has 0 aromatic carbocycles. The van der Waals surface area contributed by atoms with Gasteiger partial charge in [0.2, 0.25) is 0 Å². The maximum Gasteiger partial charge on any atom is 0.0931 e. The van der Waals surface area contributed by atoms with Crippen LogP contribution >= 0.6 is 34.3 Å². The molecule has 2 heterocycles. The Bertz CT molecular complexity index is 536. The smallest absolute Gasteiger partial charge is 0.0931 e. The summed E-state index contributed by atoms with van der Waals surface area (Å²) in [6, 6.07) is 8.86. The molecule has 1 unspecified atom stereocenters. The fourth-order valence-electron chi connectivity index (χ4n) is 1.94. The second-order valence-corrected chi connectivity index (χ2v) is 8.45. The third kappa shape index (κ3) is 3.60. The number of thiophene rings is 2. The molecule has 2 aromatic heterocycles. The van der Waals surface area contributed by atoms with Crippen LogP contribution in [0.4, 0.5) is 0 Å². The minimum Gasteiger partial charge on any atom is -0.305 e. The van der Waals surface area contributed by atoms with Gasteiger partial charge in [-0.25, -0.2) is 0 Å². The molecule has 2 aromatic rings. The average molecular weight is 314 g/mol. The lowest BCUT2D eigenvalue weighted by Crippen LogP contribution is -2.20. The summed E-state index contributed by atoms with van der Waals surface area (Å²) in [5.74, 6) is 0. The van der Waals surface area contributed by atoms with Crippen molar-refractivity contribution in [2.24, 2.45) is 0 Å². The van der Waals surface area contributed by atoms with Gasteiger partial charge in [0.15, 0.2) is 0 Å². The molecule has 0 saturated heterocycles. The number of hydrogen-bond donors (Lipinski definition) is 1. The Morgan fingerprint density at radius 2 is 1.74 bits per heavy atom. The summed E-state index contributed by atoms with van der Waals surface area (Å²) in [6.07, 6.45) is 0. The Balaban J connectivity index is 2.32. The summed E-state index contributed by atoms with van der Waals surface area (Å²) in [6.45, 7) is 9.86. The fraction of sp³-hybridized carbons (Fsp3) is 0.467. The Labute approximate surface area is 128 Å². The van der Waals surface area contributed by atoms with Crippen LogP contribution in [0.25, 0.3) is 0 Å². The first-order valence-electron chi connectivity index (χ1n) is 6.50. The first-order valence-corrected chi connectivity index (χ1v) is 8.51. The van der Waals surface area contributed by atoms with E-state index in [9.17, 15) is 0 Å². The molecule has 0 bridgehead atoms. The van der Waals surface area contributed by atoms with E-state index in [1.165, 1.54) is 14.6 Å². The monoisotopic (exact) mass is 313 g/mol. The maximum atomic E-state index is 6.06. The molecule has 104 valence electrons. The highest BCUT2D eigenvalue weighted by molar-refractivity contribution is 7.16. The van der Waals surface area contributed by atoms with Crippen molar-refractivity contribution in [3.8, 4) is 0 Å². The van der Waals surface area contributed by atoms with Crippen LogP contribution in [-0.2, 0) is 5.41 Å². The van der Waals surface area contributed by atoms with Crippen LogP contribution in [0.5, 0.6) is 0 Å². The molecule has 0 aliphatic carbocycles. The summed E-state index contributed by atoms with van der Waals surface area (Å²) in [4.78, 5) is 4.08. The second kappa shape index (κ2) is 5.96. The van der Waals surface area contributed by atoms with E-state index in [4.69, 9.17) is 11.6 Å². The van der Waals surface area contributed by atoms with E-state index in [0.29, 0.717) is 0 Å². The summed E-state index contributed by atoms with van der Waals surface area (Å²) < 4.78 is 0.852. The van der Waals surface area contributed by atoms with Gasteiger partial charge in [-0.15, -0.1) is 22.7 Å². The molecular formula is C15H20ClNS2. The highest BCUT2D eigenvalue weighted by Gasteiger charge is 2.21. The number of halogens is 1. The van der Waals surface area contributed by atoms with Crippen molar-refractivity contribution in [2.75, 3.05) is 6.54 Å². The lowest BCUT2D eigenvalue weighted by molar-refractivity contribution is 0.604. The molecule has 1 nitrogen and oxygen atoms in total. The zero-order valence-electron chi connectivity index (χ0n) is 11.8. The molecule has 1 N–H and O–H groups in total. The van der Waals surface area contributed by atoms with E-state index < -0.39 is 0 Å². The fourth-order valence-corrected chi connectivity index (χ4v) is 4.33. The van der Waals surface area contributed by atoms with Gasteiger partial charge in [0, 0.05) is 14.6 Å². The van der Waals surface area contributed by atoms with Crippen LogP contribution in [-0.4, -0.2) is 6.54 Å². The summed E-state index contributed by atoms with van der Waals surface area (Å²) in [5, 5.41) is 3.56. The zero-order valence-corrected chi connectivity index (χ0v) is 14.2.